The van der Waals surface area contributed by atoms with Crippen molar-refractivity contribution in [1.29, 1.82) is 0 Å². The van der Waals surface area contributed by atoms with Crippen LogP contribution in [0.1, 0.15) is 18.6 Å². The van der Waals surface area contributed by atoms with E-state index in [1.165, 1.54) is 6.08 Å². The van der Waals surface area contributed by atoms with Gasteiger partial charge in [0.25, 0.3) is 0 Å². The zero-order valence-electron chi connectivity index (χ0n) is 16.0. The van der Waals surface area contributed by atoms with Gasteiger partial charge in [0.2, 0.25) is 5.91 Å². The van der Waals surface area contributed by atoms with Crippen molar-refractivity contribution in [3.05, 3.63) is 75.4 Å². The van der Waals surface area contributed by atoms with Crippen molar-refractivity contribution in [3.8, 4) is 11.3 Å². The molecule has 1 aliphatic rings. The number of carbonyl (C=O) groups is 1. The number of halogens is 3. The molecular weight excluding hydrogens is 443 g/mol. The summed E-state index contributed by atoms with van der Waals surface area (Å²) in [6, 6.07) is 14.4. The minimum absolute atomic E-state index is 0.267. The van der Waals surface area contributed by atoms with Gasteiger partial charge in [0.05, 0.1) is 26.4 Å². The summed E-state index contributed by atoms with van der Waals surface area (Å²) in [5.41, 5.74) is 2.27. The summed E-state index contributed by atoms with van der Waals surface area (Å²) in [4.78, 5) is 14.7. The van der Waals surface area contributed by atoms with Gasteiger partial charge in [-0.3, -0.25) is 4.79 Å². The van der Waals surface area contributed by atoms with Crippen molar-refractivity contribution in [3.63, 3.8) is 0 Å². The summed E-state index contributed by atoms with van der Waals surface area (Å²) in [6.07, 6.45) is 5.28. The Morgan fingerprint density at radius 2 is 1.70 bits per heavy atom. The summed E-state index contributed by atoms with van der Waals surface area (Å²) in [5, 5.41) is 4.44. The van der Waals surface area contributed by atoms with Crippen LogP contribution < -0.4 is 10.2 Å². The fourth-order valence-electron chi connectivity index (χ4n) is 3.49. The zero-order valence-corrected chi connectivity index (χ0v) is 18.3. The van der Waals surface area contributed by atoms with Crippen LogP contribution in [0.3, 0.4) is 0 Å². The van der Waals surface area contributed by atoms with Gasteiger partial charge in [-0.15, -0.1) is 0 Å². The molecule has 2 heterocycles. The van der Waals surface area contributed by atoms with Gasteiger partial charge in [-0.05, 0) is 55.3 Å². The number of amides is 1. The Morgan fingerprint density at radius 1 is 0.967 bits per heavy atom. The van der Waals surface area contributed by atoms with Gasteiger partial charge >= 0.3 is 0 Å². The van der Waals surface area contributed by atoms with Crippen molar-refractivity contribution in [2.24, 2.45) is 0 Å². The second-order valence-corrected chi connectivity index (χ2v) is 8.15. The molecule has 154 valence electrons. The number of benzene rings is 2. The lowest BCUT2D eigenvalue weighted by Crippen LogP contribution is -2.21. The van der Waals surface area contributed by atoms with Crippen molar-refractivity contribution < 1.29 is 9.21 Å². The third kappa shape index (κ3) is 4.51. The standard InChI is InChI=1S/C23H19Cl3N2O2/c24-17-6-3-5-16(22(17)26)20-11-9-15(30-20)10-12-21(29)27-19-8-4-7-18(25)23(19)28-13-1-2-14-28/h3-12H,1-2,13-14H2,(H,27,29)/b12-10+. The highest BCUT2D eigenvalue weighted by molar-refractivity contribution is 6.43. The van der Waals surface area contributed by atoms with Crippen LogP contribution >= 0.6 is 34.8 Å². The minimum atomic E-state index is -0.267. The number of anilines is 2. The first kappa shape index (κ1) is 20.9. The first-order valence-electron chi connectivity index (χ1n) is 9.59. The molecule has 3 aromatic rings. The third-order valence-electron chi connectivity index (χ3n) is 4.91. The Kier molecular flexibility index (Phi) is 6.38. The summed E-state index contributed by atoms with van der Waals surface area (Å²) in [5.74, 6) is 0.840. The number of furan rings is 1. The number of nitrogens with zero attached hydrogens (tertiary/aromatic N) is 1. The van der Waals surface area contributed by atoms with Crippen LogP contribution in [0.5, 0.6) is 0 Å². The fraction of sp³-hybridized carbons (Fsp3) is 0.174. The molecule has 0 atom stereocenters. The van der Waals surface area contributed by atoms with E-state index in [-0.39, 0.29) is 5.91 Å². The lowest BCUT2D eigenvalue weighted by atomic mass is 10.2. The molecule has 0 radical (unpaired) electrons. The van der Waals surface area contributed by atoms with Gasteiger partial charge in [0.15, 0.2) is 0 Å². The number of hydrogen-bond acceptors (Lipinski definition) is 3. The van der Waals surface area contributed by atoms with Gasteiger partial charge in [0.1, 0.15) is 11.5 Å². The second-order valence-electron chi connectivity index (χ2n) is 6.96. The topological polar surface area (TPSA) is 45.5 Å². The molecule has 0 aliphatic carbocycles. The maximum absolute atomic E-state index is 12.5. The highest BCUT2D eigenvalue weighted by Crippen LogP contribution is 2.36. The normalized spacial score (nSPS) is 13.9. The Balaban J connectivity index is 1.49. The van der Waals surface area contributed by atoms with Crippen molar-refractivity contribution in [2.45, 2.75) is 12.8 Å². The number of rotatable bonds is 5. The van der Waals surface area contributed by atoms with Crippen molar-refractivity contribution >= 4 is 58.2 Å². The predicted molar refractivity (Wildman–Crippen MR) is 125 cm³/mol. The van der Waals surface area contributed by atoms with Gasteiger partial charge in [-0.1, -0.05) is 46.9 Å². The molecule has 1 fully saturated rings. The Morgan fingerprint density at radius 3 is 2.50 bits per heavy atom. The molecule has 1 amide bonds. The summed E-state index contributed by atoms with van der Waals surface area (Å²) in [7, 11) is 0. The average Bonchev–Trinajstić information content (AvgIpc) is 3.41. The Hall–Kier alpha value is -2.40. The molecule has 0 bridgehead atoms. The largest absolute Gasteiger partial charge is 0.457 e. The van der Waals surface area contributed by atoms with E-state index in [9.17, 15) is 4.79 Å². The monoisotopic (exact) mass is 460 g/mol. The molecular formula is C23H19Cl3N2O2. The van der Waals surface area contributed by atoms with Gasteiger partial charge in [0, 0.05) is 24.7 Å². The first-order valence-corrected chi connectivity index (χ1v) is 10.7. The molecule has 1 aromatic heterocycles. The quantitative estimate of drug-likeness (QED) is 0.410. The van der Waals surface area contributed by atoms with Gasteiger partial charge in [-0.25, -0.2) is 0 Å². The second kappa shape index (κ2) is 9.17. The van der Waals surface area contributed by atoms with Gasteiger partial charge in [-0.2, -0.15) is 0 Å². The molecule has 0 spiro atoms. The smallest absolute Gasteiger partial charge is 0.248 e. The van der Waals surface area contributed by atoms with E-state index >= 15 is 0 Å². The lowest BCUT2D eigenvalue weighted by molar-refractivity contribution is -0.111. The molecule has 1 saturated heterocycles. The van der Waals surface area contributed by atoms with Crippen LogP contribution in [0, 0.1) is 0 Å². The van der Waals surface area contributed by atoms with E-state index in [0.29, 0.717) is 37.8 Å². The summed E-state index contributed by atoms with van der Waals surface area (Å²) in [6.45, 7) is 1.87. The van der Waals surface area contributed by atoms with Crippen LogP contribution in [0.2, 0.25) is 15.1 Å². The van der Waals surface area contributed by atoms with E-state index in [0.717, 1.165) is 31.6 Å². The van der Waals surface area contributed by atoms with Crippen LogP contribution in [-0.2, 0) is 4.79 Å². The Bertz CT molecular complexity index is 1100. The zero-order chi connectivity index (χ0) is 21.1. The van der Waals surface area contributed by atoms with E-state index in [1.54, 1.807) is 30.3 Å². The molecule has 1 aliphatic heterocycles. The van der Waals surface area contributed by atoms with Crippen LogP contribution in [0.4, 0.5) is 11.4 Å². The van der Waals surface area contributed by atoms with Crippen molar-refractivity contribution in [2.75, 3.05) is 23.3 Å². The van der Waals surface area contributed by atoms with Crippen molar-refractivity contribution in [1.82, 2.24) is 0 Å². The SMILES string of the molecule is O=C(/C=C/c1ccc(-c2cccc(Cl)c2Cl)o1)Nc1cccc(Cl)c1N1CCCC1. The average molecular weight is 462 g/mol. The molecule has 4 rings (SSSR count). The van der Waals surface area contributed by atoms with Crippen LogP contribution in [0.25, 0.3) is 17.4 Å². The van der Waals surface area contributed by atoms with E-state index < -0.39 is 0 Å². The highest BCUT2D eigenvalue weighted by atomic mass is 35.5. The molecule has 2 aromatic carbocycles. The number of nitrogens with one attached hydrogen (secondary N) is 1. The minimum Gasteiger partial charge on any atom is -0.457 e. The molecule has 0 unspecified atom stereocenters. The number of para-hydroxylation sites is 1. The number of hydrogen-bond donors (Lipinski definition) is 1. The van der Waals surface area contributed by atoms with Crippen LogP contribution in [-0.4, -0.2) is 19.0 Å². The first-order chi connectivity index (χ1) is 14.5. The maximum Gasteiger partial charge on any atom is 0.248 e. The molecule has 30 heavy (non-hydrogen) atoms. The van der Waals surface area contributed by atoms with Crippen LogP contribution in [0.15, 0.2) is 59.0 Å². The van der Waals surface area contributed by atoms with Gasteiger partial charge < -0.3 is 14.6 Å². The molecule has 4 nitrogen and oxygen atoms in total. The van der Waals surface area contributed by atoms with E-state index in [1.807, 2.05) is 24.3 Å². The maximum atomic E-state index is 12.5. The summed E-state index contributed by atoms with van der Waals surface area (Å²) < 4.78 is 5.79. The fourth-order valence-corrected chi connectivity index (χ4v) is 4.18. The third-order valence-corrected chi connectivity index (χ3v) is 6.03. The molecule has 1 N–H and O–H groups in total. The van der Waals surface area contributed by atoms with E-state index in [4.69, 9.17) is 39.2 Å². The number of carbonyl (C=O) groups excluding carboxylic acids is 1. The summed E-state index contributed by atoms with van der Waals surface area (Å²) >= 11 is 18.7. The predicted octanol–water partition coefficient (Wildman–Crippen LogP) is 7.16. The van der Waals surface area contributed by atoms with E-state index in [2.05, 4.69) is 10.2 Å². The molecule has 7 heteroatoms. The molecule has 0 saturated carbocycles. The lowest BCUT2D eigenvalue weighted by Gasteiger charge is -2.22. The highest BCUT2D eigenvalue weighted by Gasteiger charge is 2.19. The Labute approximate surface area is 190 Å².